The number of nitrogens with zero attached hydrogens (tertiary/aromatic N) is 2. The van der Waals surface area contributed by atoms with Gasteiger partial charge in [-0.15, -0.1) is 5.10 Å². The average molecular weight is 278 g/mol. The standard InChI is InChI=1S/C14H22N4O2/c19-8-11-4-2-1-3-10(11)7-15-14(20)13-16-12(17-18-13)9-5-6-9/h9-11,19H,1-8H2,(H,15,20)(H,16,17,18). The number of aliphatic hydroxyl groups excluding tert-OH is 1. The molecule has 0 radical (unpaired) electrons. The molecule has 2 unspecified atom stereocenters. The van der Waals surface area contributed by atoms with Crippen molar-refractivity contribution in [2.45, 2.75) is 44.4 Å². The summed E-state index contributed by atoms with van der Waals surface area (Å²) < 4.78 is 0. The first-order chi connectivity index (χ1) is 9.78. The van der Waals surface area contributed by atoms with Crippen LogP contribution in [0.1, 0.15) is 60.9 Å². The number of rotatable bonds is 5. The van der Waals surface area contributed by atoms with Gasteiger partial charge in [-0.2, -0.15) is 0 Å². The van der Waals surface area contributed by atoms with Crippen molar-refractivity contribution in [3.63, 3.8) is 0 Å². The Labute approximate surface area is 118 Å². The number of amides is 1. The normalized spacial score (nSPS) is 26.4. The van der Waals surface area contributed by atoms with Gasteiger partial charge in [-0.1, -0.05) is 12.8 Å². The van der Waals surface area contributed by atoms with E-state index in [4.69, 9.17) is 0 Å². The van der Waals surface area contributed by atoms with Crippen LogP contribution in [-0.4, -0.2) is 39.3 Å². The molecule has 3 rings (SSSR count). The van der Waals surface area contributed by atoms with Crippen LogP contribution < -0.4 is 5.32 Å². The van der Waals surface area contributed by atoms with Crippen molar-refractivity contribution in [1.29, 1.82) is 0 Å². The van der Waals surface area contributed by atoms with Crippen molar-refractivity contribution in [2.75, 3.05) is 13.2 Å². The Morgan fingerprint density at radius 1 is 1.25 bits per heavy atom. The minimum atomic E-state index is -0.213. The highest BCUT2D eigenvalue weighted by atomic mass is 16.3. The minimum absolute atomic E-state index is 0.213. The molecule has 20 heavy (non-hydrogen) atoms. The van der Waals surface area contributed by atoms with Gasteiger partial charge in [0.2, 0.25) is 5.82 Å². The molecule has 0 saturated heterocycles. The largest absolute Gasteiger partial charge is 0.396 e. The third-order valence-electron chi connectivity index (χ3n) is 4.50. The van der Waals surface area contributed by atoms with Crippen molar-refractivity contribution >= 4 is 5.91 Å². The van der Waals surface area contributed by atoms with Gasteiger partial charge >= 0.3 is 0 Å². The van der Waals surface area contributed by atoms with Gasteiger partial charge in [-0.05, 0) is 37.5 Å². The van der Waals surface area contributed by atoms with Gasteiger partial charge in [0.05, 0.1) is 0 Å². The predicted molar refractivity (Wildman–Crippen MR) is 73.2 cm³/mol. The molecule has 3 N–H and O–H groups in total. The molecule has 6 nitrogen and oxygen atoms in total. The van der Waals surface area contributed by atoms with Gasteiger partial charge in [0.1, 0.15) is 5.82 Å². The lowest BCUT2D eigenvalue weighted by Crippen LogP contribution is -2.35. The smallest absolute Gasteiger partial charge is 0.290 e. The molecule has 2 fully saturated rings. The molecule has 1 aromatic heterocycles. The van der Waals surface area contributed by atoms with Crippen LogP contribution in [0.4, 0.5) is 0 Å². The van der Waals surface area contributed by atoms with E-state index in [0.717, 1.165) is 31.5 Å². The average Bonchev–Trinajstić information content (AvgIpc) is 3.22. The molecule has 2 saturated carbocycles. The highest BCUT2D eigenvalue weighted by Crippen LogP contribution is 2.37. The first-order valence-electron chi connectivity index (χ1n) is 7.59. The maximum Gasteiger partial charge on any atom is 0.290 e. The molecule has 0 aromatic carbocycles. The Morgan fingerprint density at radius 3 is 2.70 bits per heavy atom. The number of aliphatic hydroxyl groups is 1. The summed E-state index contributed by atoms with van der Waals surface area (Å²) in [5.74, 6) is 2.03. The second kappa shape index (κ2) is 5.91. The van der Waals surface area contributed by atoms with Crippen molar-refractivity contribution in [3.05, 3.63) is 11.6 Å². The molecule has 6 heteroatoms. The fourth-order valence-electron chi connectivity index (χ4n) is 3.01. The SMILES string of the molecule is O=C(NCC1CCCCC1CO)c1n[nH]c(C2CC2)n1. The summed E-state index contributed by atoms with van der Waals surface area (Å²) in [7, 11) is 0. The highest BCUT2D eigenvalue weighted by molar-refractivity contribution is 5.90. The fourth-order valence-corrected chi connectivity index (χ4v) is 3.01. The van der Waals surface area contributed by atoms with Crippen LogP contribution in [0.2, 0.25) is 0 Å². The van der Waals surface area contributed by atoms with Gasteiger partial charge in [0.25, 0.3) is 5.91 Å². The summed E-state index contributed by atoms with van der Waals surface area (Å²) in [5.41, 5.74) is 0. The molecular formula is C14H22N4O2. The third kappa shape index (κ3) is 3.00. The molecule has 2 aliphatic carbocycles. The summed E-state index contributed by atoms with van der Waals surface area (Å²) in [4.78, 5) is 16.3. The van der Waals surface area contributed by atoms with Crippen molar-refractivity contribution in [3.8, 4) is 0 Å². The fraction of sp³-hybridized carbons (Fsp3) is 0.786. The summed E-state index contributed by atoms with van der Waals surface area (Å²) in [6.45, 7) is 0.824. The van der Waals surface area contributed by atoms with E-state index >= 15 is 0 Å². The maximum absolute atomic E-state index is 12.0. The van der Waals surface area contributed by atoms with Crippen molar-refractivity contribution < 1.29 is 9.90 Å². The van der Waals surface area contributed by atoms with E-state index in [1.807, 2.05) is 0 Å². The quantitative estimate of drug-likeness (QED) is 0.755. The van der Waals surface area contributed by atoms with Crippen LogP contribution in [-0.2, 0) is 0 Å². The number of hydrogen-bond acceptors (Lipinski definition) is 4. The van der Waals surface area contributed by atoms with Crippen LogP contribution in [0.5, 0.6) is 0 Å². The minimum Gasteiger partial charge on any atom is -0.396 e. The summed E-state index contributed by atoms with van der Waals surface area (Å²) in [6, 6.07) is 0. The van der Waals surface area contributed by atoms with E-state index in [2.05, 4.69) is 20.5 Å². The molecule has 2 aliphatic rings. The Hall–Kier alpha value is -1.43. The highest BCUT2D eigenvalue weighted by Gasteiger charge is 2.29. The van der Waals surface area contributed by atoms with Crippen LogP contribution in [0, 0.1) is 11.8 Å². The molecular weight excluding hydrogens is 256 g/mol. The molecule has 2 atom stereocenters. The number of carbonyl (C=O) groups excluding carboxylic acids is 1. The molecule has 0 aliphatic heterocycles. The van der Waals surface area contributed by atoms with Crippen LogP contribution in [0.25, 0.3) is 0 Å². The second-order valence-corrected chi connectivity index (χ2v) is 6.02. The number of H-pyrrole nitrogens is 1. The van der Waals surface area contributed by atoms with Crippen LogP contribution in [0.3, 0.4) is 0 Å². The zero-order valence-corrected chi connectivity index (χ0v) is 11.6. The van der Waals surface area contributed by atoms with E-state index in [1.54, 1.807) is 0 Å². The van der Waals surface area contributed by atoms with Crippen LogP contribution in [0.15, 0.2) is 0 Å². The summed E-state index contributed by atoms with van der Waals surface area (Å²) >= 11 is 0. The van der Waals surface area contributed by atoms with E-state index in [-0.39, 0.29) is 18.3 Å². The third-order valence-corrected chi connectivity index (χ3v) is 4.50. The number of nitrogens with one attached hydrogen (secondary N) is 2. The van der Waals surface area contributed by atoms with Gasteiger partial charge < -0.3 is 10.4 Å². The van der Waals surface area contributed by atoms with E-state index in [1.165, 1.54) is 12.8 Å². The van der Waals surface area contributed by atoms with E-state index in [0.29, 0.717) is 24.3 Å². The lowest BCUT2D eigenvalue weighted by molar-refractivity contribution is 0.0899. The van der Waals surface area contributed by atoms with Crippen molar-refractivity contribution in [1.82, 2.24) is 20.5 Å². The molecule has 0 spiro atoms. The topological polar surface area (TPSA) is 90.9 Å². The monoisotopic (exact) mass is 278 g/mol. The predicted octanol–water partition coefficient (Wildman–Crippen LogP) is 1.21. The number of hydrogen-bond donors (Lipinski definition) is 3. The lowest BCUT2D eigenvalue weighted by atomic mass is 9.79. The summed E-state index contributed by atoms with van der Waals surface area (Å²) in [6.07, 6.45) is 6.77. The zero-order chi connectivity index (χ0) is 13.9. The number of aromatic nitrogens is 3. The summed E-state index contributed by atoms with van der Waals surface area (Å²) in [5, 5.41) is 19.1. The first kappa shape index (κ1) is 13.5. The van der Waals surface area contributed by atoms with Gasteiger partial charge in [0, 0.05) is 19.1 Å². The Bertz CT molecular complexity index is 469. The Balaban J connectivity index is 1.52. The number of aromatic amines is 1. The molecule has 110 valence electrons. The zero-order valence-electron chi connectivity index (χ0n) is 11.6. The molecule has 1 amide bonds. The van der Waals surface area contributed by atoms with Gasteiger partial charge in [-0.25, -0.2) is 4.98 Å². The maximum atomic E-state index is 12.0. The van der Waals surface area contributed by atoms with E-state index in [9.17, 15) is 9.90 Å². The number of carbonyl (C=O) groups is 1. The van der Waals surface area contributed by atoms with Gasteiger partial charge in [0.15, 0.2) is 0 Å². The Kier molecular flexibility index (Phi) is 4.00. The molecule has 1 aromatic rings. The van der Waals surface area contributed by atoms with Gasteiger partial charge in [-0.3, -0.25) is 9.89 Å². The second-order valence-electron chi connectivity index (χ2n) is 6.02. The lowest BCUT2D eigenvalue weighted by Gasteiger charge is -2.30. The first-order valence-corrected chi connectivity index (χ1v) is 7.59. The molecule has 0 bridgehead atoms. The Morgan fingerprint density at radius 2 is 2.00 bits per heavy atom. The van der Waals surface area contributed by atoms with Crippen molar-refractivity contribution in [2.24, 2.45) is 11.8 Å². The molecule has 1 heterocycles. The van der Waals surface area contributed by atoms with Crippen LogP contribution >= 0.6 is 0 Å². The van der Waals surface area contributed by atoms with E-state index < -0.39 is 0 Å².